The lowest BCUT2D eigenvalue weighted by Gasteiger charge is -2.27. The average Bonchev–Trinajstić information content (AvgIpc) is 3.24. The number of hydrogen-bond acceptors (Lipinski definition) is 4. The lowest BCUT2D eigenvalue weighted by atomic mass is 9.98. The van der Waals surface area contributed by atoms with Gasteiger partial charge < -0.3 is 9.88 Å². The molecule has 4 aromatic rings. The first-order chi connectivity index (χ1) is 16.5. The van der Waals surface area contributed by atoms with Gasteiger partial charge in [-0.15, -0.1) is 0 Å². The summed E-state index contributed by atoms with van der Waals surface area (Å²) in [5, 5.41) is 0. The molecule has 2 aromatic carbocycles. The summed E-state index contributed by atoms with van der Waals surface area (Å²) < 4.78 is 0. The van der Waals surface area contributed by atoms with Gasteiger partial charge in [-0.1, -0.05) is 52.8 Å². The average molecular weight is 458 g/mol. The Labute approximate surface area is 204 Å². The molecule has 0 aliphatic heterocycles. The van der Waals surface area contributed by atoms with Crippen LogP contribution in [0.2, 0.25) is 0 Å². The first-order valence-electron chi connectivity index (χ1n) is 12.7. The molecule has 2 aromatic heterocycles. The van der Waals surface area contributed by atoms with Crippen molar-refractivity contribution in [1.82, 2.24) is 19.9 Å². The number of aryl methyl sites for hydroxylation is 3. The number of hydrogen-bond donors (Lipinski definition) is 1. The molecule has 1 N–H and O–H groups in total. The minimum Gasteiger partial charge on any atom is -0.352 e. The van der Waals surface area contributed by atoms with E-state index in [0.717, 1.165) is 60.7 Å². The summed E-state index contributed by atoms with van der Waals surface area (Å²) in [6, 6.07) is 13.2. The van der Waals surface area contributed by atoms with Gasteiger partial charge in [-0.2, -0.15) is 0 Å². The lowest BCUT2D eigenvalue weighted by Crippen LogP contribution is -2.27. The second kappa shape index (κ2) is 11.8. The third-order valence-corrected chi connectivity index (χ3v) is 6.14. The predicted octanol–water partition coefficient (Wildman–Crippen LogP) is 7.20. The van der Waals surface area contributed by atoms with Crippen LogP contribution in [0, 0.1) is 13.8 Å². The van der Waals surface area contributed by atoms with Crippen LogP contribution in [0.15, 0.2) is 42.7 Å². The Morgan fingerprint density at radius 3 is 2.32 bits per heavy atom. The van der Waals surface area contributed by atoms with E-state index in [2.05, 4.69) is 83.9 Å². The van der Waals surface area contributed by atoms with E-state index in [9.17, 15) is 0 Å². The Morgan fingerprint density at radius 1 is 0.882 bits per heavy atom. The second-order valence-corrected chi connectivity index (χ2v) is 8.45. The molecular weight excluding hydrogens is 418 g/mol. The van der Waals surface area contributed by atoms with Crippen molar-refractivity contribution < 1.29 is 0 Å². The van der Waals surface area contributed by atoms with E-state index in [1.54, 1.807) is 6.33 Å². The van der Waals surface area contributed by atoms with Gasteiger partial charge in [-0.05, 0) is 73.6 Å². The van der Waals surface area contributed by atoms with Gasteiger partial charge in [-0.3, -0.25) is 0 Å². The number of aromatic amines is 1. The number of H-pyrrole nitrogens is 1. The second-order valence-electron chi connectivity index (χ2n) is 8.45. The highest BCUT2D eigenvalue weighted by molar-refractivity contribution is 5.82. The molecule has 180 valence electrons. The number of rotatable bonds is 8. The summed E-state index contributed by atoms with van der Waals surface area (Å²) in [6.07, 6.45) is 4.68. The minimum atomic E-state index is 0.839. The zero-order valence-corrected chi connectivity index (χ0v) is 21.9. The van der Waals surface area contributed by atoms with Crippen molar-refractivity contribution >= 4 is 16.9 Å². The summed E-state index contributed by atoms with van der Waals surface area (Å²) in [5.74, 6) is 2.03. The molecule has 0 saturated heterocycles. The quantitative estimate of drug-likeness (QED) is 0.304. The van der Waals surface area contributed by atoms with E-state index in [0.29, 0.717) is 0 Å². The van der Waals surface area contributed by atoms with Gasteiger partial charge >= 0.3 is 0 Å². The summed E-state index contributed by atoms with van der Waals surface area (Å²) in [6.45, 7) is 16.6. The highest BCUT2D eigenvalue weighted by Gasteiger charge is 2.17. The topological polar surface area (TPSA) is 57.7 Å². The summed E-state index contributed by atoms with van der Waals surface area (Å²) in [7, 11) is 0. The summed E-state index contributed by atoms with van der Waals surface area (Å²) >= 11 is 0. The van der Waals surface area contributed by atoms with Crippen LogP contribution in [0.3, 0.4) is 0 Å². The van der Waals surface area contributed by atoms with Crippen molar-refractivity contribution in [2.24, 2.45) is 0 Å². The van der Waals surface area contributed by atoms with E-state index in [1.807, 2.05) is 20.8 Å². The van der Waals surface area contributed by atoms with Crippen LogP contribution in [0.25, 0.3) is 22.2 Å². The molecule has 0 atom stereocenters. The van der Waals surface area contributed by atoms with Crippen molar-refractivity contribution in [3.8, 4) is 11.1 Å². The largest absolute Gasteiger partial charge is 0.352 e. The molecule has 0 amide bonds. The van der Waals surface area contributed by atoms with Crippen molar-refractivity contribution in [2.75, 3.05) is 11.4 Å². The molecule has 0 aliphatic rings. The van der Waals surface area contributed by atoms with E-state index >= 15 is 0 Å². The van der Waals surface area contributed by atoms with Gasteiger partial charge in [0.2, 0.25) is 0 Å². The molecule has 2 heterocycles. The number of benzene rings is 2. The molecule has 0 fully saturated rings. The smallest absolute Gasteiger partial charge is 0.135 e. The molecular formula is C29H39N5. The van der Waals surface area contributed by atoms with Crippen LogP contribution in [-0.2, 0) is 19.4 Å². The molecule has 0 bridgehead atoms. The van der Waals surface area contributed by atoms with Crippen molar-refractivity contribution in [3.05, 3.63) is 70.9 Å². The number of anilines is 1. The van der Waals surface area contributed by atoms with Crippen LogP contribution >= 0.6 is 0 Å². The molecule has 0 aliphatic carbocycles. The van der Waals surface area contributed by atoms with Gasteiger partial charge in [0.1, 0.15) is 18.0 Å². The standard InChI is InChI=1S/C27H33N5.C2H6/c1-6-13-32(27-23(7-2)24(8-3)28-17-29-27)16-22-14-20(10-9-18(22)4)21-11-12-25-26(15-21)31-19(5)30-25;1-2/h9-12,14-15,17H,6-8,13,16H2,1-5H3,(H,30,31);1-2H3. The Kier molecular flexibility index (Phi) is 8.80. The van der Waals surface area contributed by atoms with E-state index in [1.165, 1.54) is 27.8 Å². The van der Waals surface area contributed by atoms with Crippen LogP contribution in [-0.4, -0.2) is 26.5 Å². The van der Waals surface area contributed by atoms with Gasteiger partial charge in [0.05, 0.1) is 11.0 Å². The Balaban J connectivity index is 0.00000158. The molecule has 34 heavy (non-hydrogen) atoms. The van der Waals surface area contributed by atoms with E-state index < -0.39 is 0 Å². The lowest BCUT2D eigenvalue weighted by molar-refractivity contribution is 0.738. The fraction of sp³-hybridized carbons (Fsp3) is 0.414. The summed E-state index contributed by atoms with van der Waals surface area (Å²) in [5.41, 5.74) is 9.58. The Bertz CT molecular complexity index is 1220. The maximum Gasteiger partial charge on any atom is 0.135 e. The number of imidazole rings is 1. The van der Waals surface area contributed by atoms with Crippen molar-refractivity contribution in [1.29, 1.82) is 0 Å². The highest BCUT2D eigenvalue weighted by Crippen LogP contribution is 2.28. The molecule has 5 heteroatoms. The van der Waals surface area contributed by atoms with Gasteiger partial charge in [0, 0.05) is 24.3 Å². The number of aromatic nitrogens is 4. The molecule has 0 radical (unpaired) electrons. The normalized spacial score (nSPS) is 10.8. The maximum atomic E-state index is 4.72. The van der Waals surface area contributed by atoms with E-state index in [-0.39, 0.29) is 0 Å². The molecule has 0 spiro atoms. The zero-order chi connectivity index (χ0) is 24.7. The molecule has 0 unspecified atom stereocenters. The first-order valence-corrected chi connectivity index (χ1v) is 12.7. The first kappa shape index (κ1) is 25.4. The third kappa shape index (κ3) is 5.46. The number of fused-ring (bicyclic) bond motifs is 1. The van der Waals surface area contributed by atoms with Crippen LogP contribution in [0.5, 0.6) is 0 Å². The predicted molar refractivity (Wildman–Crippen MR) is 144 cm³/mol. The van der Waals surface area contributed by atoms with Crippen molar-refractivity contribution in [2.45, 2.75) is 74.3 Å². The van der Waals surface area contributed by atoms with E-state index in [4.69, 9.17) is 4.98 Å². The summed E-state index contributed by atoms with van der Waals surface area (Å²) in [4.78, 5) is 19.6. The SMILES string of the molecule is CC.CCCN(Cc1cc(-c2ccc3nc(C)[nH]c3c2)ccc1C)c1ncnc(CC)c1CC. The molecule has 5 nitrogen and oxygen atoms in total. The maximum absolute atomic E-state index is 4.72. The third-order valence-electron chi connectivity index (χ3n) is 6.14. The van der Waals surface area contributed by atoms with Crippen LogP contribution in [0.1, 0.15) is 69.2 Å². The highest BCUT2D eigenvalue weighted by atomic mass is 15.2. The van der Waals surface area contributed by atoms with Crippen LogP contribution in [0.4, 0.5) is 5.82 Å². The zero-order valence-electron chi connectivity index (χ0n) is 21.9. The number of nitrogens with one attached hydrogen (secondary N) is 1. The van der Waals surface area contributed by atoms with Gasteiger partial charge in [-0.25, -0.2) is 15.0 Å². The minimum absolute atomic E-state index is 0.839. The fourth-order valence-electron chi connectivity index (χ4n) is 4.45. The van der Waals surface area contributed by atoms with Gasteiger partial charge in [0.25, 0.3) is 0 Å². The monoisotopic (exact) mass is 457 g/mol. The van der Waals surface area contributed by atoms with Gasteiger partial charge in [0.15, 0.2) is 0 Å². The molecule has 0 saturated carbocycles. The Morgan fingerprint density at radius 2 is 1.62 bits per heavy atom. The Hall–Kier alpha value is -3.21. The molecule has 4 rings (SSSR count). The number of nitrogens with zero attached hydrogens (tertiary/aromatic N) is 4. The van der Waals surface area contributed by atoms with Crippen molar-refractivity contribution in [3.63, 3.8) is 0 Å². The van der Waals surface area contributed by atoms with Crippen LogP contribution < -0.4 is 4.90 Å². The fourth-order valence-corrected chi connectivity index (χ4v) is 4.45.